The van der Waals surface area contributed by atoms with E-state index in [1.54, 1.807) is 17.3 Å². The number of benzene rings is 3. The Bertz CT molecular complexity index is 2760. The van der Waals surface area contributed by atoms with Gasteiger partial charge in [-0.1, -0.05) is 99.6 Å². The van der Waals surface area contributed by atoms with Gasteiger partial charge >= 0.3 is 5.76 Å². The first-order valence-electron chi connectivity index (χ1n) is 22.4. The van der Waals surface area contributed by atoms with Crippen LogP contribution in [0.15, 0.2) is 94.5 Å². The van der Waals surface area contributed by atoms with Gasteiger partial charge in [0, 0.05) is 23.3 Å². The van der Waals surface area contributed by atoms with Gasteiger partial charge in [0.25, 0.3) is 5.91 Å². The van der Waals surface area contributed by atoms with E-state index < -0.39 is 5.76 Å². The summed E-state index contributed by atoms with van der Waals surface area (Å²) in [4.78, 5) is 43.8. The molecule has 0 unspecified atom stereocenters. The average Bonchev–Trinajstić information content (AvgIpc) is 4.09. The van der Waals surface area contributed by atoms with E-state index in [4.69, 9.17) is 9.15 Å². The van der Waals surface area contributed by atoms with Crippen molar-refractivity contribution in [3.05, 3.63) is 140 Å². The van der Waals surface area contributed by atoms with Gasteiger partial charge in [0.2, 0.25) is 5.91 Å². The average molecular weight is 866 g/mol. The van der Waals surface area contributed by atoms with Crippen molar-refractivity contribution in [2.45, 2.75) is 125 Å². The molecule has 0 radical (unpaired) electrons. The molecule has 3 aromatic carbocycles. The summed E-state index contributed by atoms with van der Waals surface area (Å²) in [6.07, 6.45) is 9.89. The first-order chi connectivity index (χ1) is 30.5. The summed E-state index contributed by atoms with van der Waals surface area (Å²) in [6, 6.07) is 23.2. The predicted octanol–water partition coefficient (Wildman–Crippen LogP) is 11.5. The number of amides is 2. The van der Waals surface area contributed by atoms with Crippen LogP contribution in [0.2, 0.25) is 0 Å². The smallest absolute Gasteiger partial charge is 0.417 e. The van der Waals surface area contributed by atoms with Crippen LogP contribution in [0.1, 0.15) is 150 Å². The largest absolute Gasteiger partial charge is 0.480 e. The quantitative estimate of drug-likeness (QED) is 0.133. The molecule has 1 aliphatic carbocycles. The molecule has 0 bridgehead atoms. The summed E-state index contributed by atoms with van der Waals surface area (Å²) in [5, 5.41) is 13.5. The fraction of sp³-hybridized carbons (Fsp3) is 0.385. The summed E-state index contributed by atoms with van der Waals surface area (Å²) >= 11 is 0. The molecule has 12 nitrogen and oxygen atoms in total. The van der Waals surface area contributed by atoms with Crippen molar-refractivity contribution in [3.63, 3.8) is 0 Å². The number of carbonyl (C=O) groups excluding carboxylic acids is 2. The van der Waals surface area contributed by atoms with Crippen LogP contribution in [0.5, 0.6) is 5.75 Å². The van der Waals surface area contributed by atoms with Gasteiger partial charge < -0.3 is 19.8 Å². The molecular weight excluding hydrogens is 803 g/mol. The van der Waals surface area contributed by atoms with E-state index in [2.05, 4.69) is 147 Å². The lowest BCUT2D eigenvalue weighted by molar-refractivity contribution is -0.118. The number of nitrogens with one attached hydrogen (secondary N) is 4. The summed E-state index contributed by atoms with van der Waals surface area (Å²) in [6.45, 7) is 21.6. The zero-order chi connectivity index (χ0) is 46.1. The van der Waals surface area contributed by atoms with Gasteiger partial charge in [-0.2, -0.15) is 5.10 Å². The molecule has 0 saturated carbocycles. The van der Waals surface area contributed by atoms with Crippen molar-refractivity contribution >= 4 is 45.5 Å². The highest BCUT2D eigenvalue weighted by atomic mass is 16.5. The van der Waals surface area contributed by atoms with Gasteiger partial charge in [-0.25, -0.2) is 14.8 Å². The Balaban J connectivity index is 0.000000133. The maximum absolute atomic E-state index is 11.0. The molecule has 10 rings (SSSR count). The number of ether oxygens (including phenoxy) is 1. The Hall–Kier alpha value is -6.56. The molecule has 3 aliphatic rings. The normalized spacial score (nSPS) is 13.4. The molecule has 4 N–H and O–H groups in total. The first-order valence-corrected chi connectivity index (χ1v) is 22.4. The van der Waals surface area contributed by atoms with Crippen molar-refractivity contribution in [2.75, 3.05) is 17.2 Å². The van der Waals surface area contributed by atoms with Crippen LogP contribution < -0.4 is 21.1 Å². The van der Waals surface area contributed by atoms with Crippen molar-refractivity contribution in [3.8, 4) is 5.75 Å². The third-order valence-electron chi connectivity index (χ3n) is 11.5. The fourth-order valence-corrected chi connectivity index (χ4v) is 7.32. The highest BCUT2D eigenvalue weighted by Gasteiger charge is 2.20. The third-order valence-corrected chi connectivity index (χ3v) is 11.5. The number of aromatic amines is 2. The highest BCUT2D eigenvalue weighted by Crippen LogP contribution is 2.29. The third kappa shape index (κ3) is 12.3. The molecule has 0 fully saturated rings. The van der Waals surface area contributed by atoms with Crippen molar-refractivity contribution in [1.29, 1.82) is 0 Å². The van der Waals surface area contributed by atoms with Crippen LogP contribution >= 0.6 is 0 Å². The fourth-order valence-electron chi connectivity index (χ4n) is 7.32. The first kappa shape index (κ1) is 46.9. The molecule has 0 atom stereocenters. The maximum atomic E-state index is 11.0. The van der Waals surface area contributed by atoms with E-state index in [1.807, 2.05) is 36.7 Å². The molecule has 4 aromatic heterocycles. The number of oxazole rings is 1. The minimum Gasteiger partial charge on any atom is -0.480 e. The van der Waals surface area contributed by atoms with Gasteiger partial charge in [-0.15, -0.1) is 0 Å². The molecule has 7 aromatic rings. The zero-order valence-corrected chi connectivity index (χ0v) is 38.9. The van der Waals surface area contributed by atoms with Gasteiger partial charge in [-0.3, -0.25) is 19.7 Å². The number of hydrogen-bond acceptors (Lipinski definition) is 8. The van der Waals surface area contributed by atoms with Gasteiger partial charge in [0.1, 0.15) is 5.82 Å². The molecule has 0 saturated heterocycles. The predicted molar refractivity (Wildman–Crippen MR) is 257 cm³/mol. The van der Waals surface area contributed by atoms with Crippen LogP contribution in [0, 0.1) is 0 Å². The summed E-state index contributed by atoms with van der Waals surface area (Å²) in [5.74, 6) is 4.00. The van der Waals surface area contributed by atoms with Crippen LogP contribution in [0.4, 0.5) is 11.6 Å². The molecule has 0 spiro atoms. The number of hydrogen-bond donors (Lipinski definition) is 4. The Labute approximate surface area is 376 Å². The monoisotopic (exact) mass is 865 g/mol. The number of fused-ring (bicyclic) bond motifs is 5. The van der Waals surface area contributed by atoms with Crippen LogP contribution in [-0.4, -0.2) is 43.6 Å². The molecule has 2 amide bonds. The maximum Gasteiger partial charge on any atom is 0.417 e. The van der Waals surface area contributed by atoms with Crippen molar-refractivity contribution < 1.29 is 18.7 Å². The van der Waals surface area contributed by atoms with Crippen molar-refractivity contribution in [2.24, 2.45) is 0 Å². The van der Waals surface area contributed by atoms with Crippen LogP contribution in [-0.2, 0) is 28.9 Å². The Morgan fingerprint density at radius 2 is 1.11 bits per heavy atom. The Morgan fingerprint density at radius 3 is 1.80 bits per heavy atom. The second-order valence-electron chi connectivity index (χ2n) is 18.1. The number of aryl methyl sites for hydroxylation is 2. The SMILES string of the molecule is CC(C)c1ccc2[nH]c(=O)oc2c1.CC(C)c1ccc2[nH]ncc2c1.CC(C)c1ccc2c(c1)CCC2.CC(C)c1cnc2c(c1)CC(=O)N2.CC(C)c1cnc2c(c1)OCC(=O)N2. The standard InChI is InChI=1S/C12H16.C10H12N2O2.C10H12N2O.C10H12N2.C10H11NO2/c1-9(2)11-7-6-10-4-3-5-12(10)8-11;1-6(2)7-3-8-10(11-4-7)12-9(13)5-14-8;1-6(2)8-3-7-4-9(13)12-10(7)11-5-8;1-7(2)8-3-4-10-9(5-8)6-11-12-10;1-6(2)7-3-4-8-9(5-7)13-10(12)11-8/h6-9H,3-5H2,1-2H3;3-4,6H,5H2,1-2H3,(H,11,12,13);3,5-6H,4H2,1-2H3,(H,11,12,13);3-7H,1-2H3,(H,11,12);3-6H,1-2H3,(H,11,12). The van der Waals surface area contributed by atoms with Crippen LogP contribution in [0.25, 0.3) is 22.0 Å². The Morgan fingerprint density at radius 1 is 0.547 bits per heavy atom. The van der Waals surface area contributed by atoms with Crippen molar-refractivity contribution in [1.82, 2.24) is 25.1 Å². The van der Waals surface area contributed by atoms with Gasteiger partial charge in [0.05, 0.1) is 23.7 Å². The lowest BCUT2D eigenvalue weighted by Crippen LogP contribution is -2.26. The number of carbonyl (C=O) groups is 2. The summed E-state index contributed by atoms with van der Waals surface area (Å²) < 4.78 is 10.2. The molecule has 64 heavy (non-hydrogen) atoms. The number of aromatic nitrogens is 5. The molecule has 336 valence electrons. The number of pyridine rings is 2. The van der Waals surface area contributed by atoms with E-state index in [-0.39, 0.29) is 18.4 Å². The highest BCUT2D eigenvalue weighted by molar-refractivity contribution is 5.98. The summed E-state index contributed by atoms with van der Waals surface area (Å²) in [5.41, 5.74) is 13.0. The molecule has 6 heterocycles. The van der Waals surface area contributed by atoms with E-state index in [0.29, 0.717) is 53.2 Å². The zero-order valence-electron chi connectivity index (χ0n) is 38.9. The number of anilines is 2. The molecule has 12 heteroatoms. The van der Waals surface area contributed by atoms with Crippen LogP contribution in [0.3, 0.4) is 0 Å². The van der Waals surface area contributed by atoms with E-state index in [9.17, 15) is 14.4 Å². The van der Waals surface area contributed by atoms with Gasteiger partial charge in [-0.05, 0) is 124 Å². The number of H-pyrrole nitrogens is 2. The minimum absolute atomic E-state index is 0.0448. The van der Waals surface area contributed by atoms with E-state index in [0.717, 1.165) is 28.0 Å². The van der Waals surface area contributed by atoms with E-state index in [1.165, 1.54) is 46.9 Å². The Kier molecular flexibility index (Phi) is 15.6. The second-order valence-corrected chi connectivity index (χ2v) is 18.1. The minimum atomic E-state index is -0.393. The van der Waals surface area contributed by atoms with E-state index >= 15 is 0 Å². The lowest BCUT2D eigenvalue weighted by Gasteiger charge is -2.18. The molecular formula is C52H63N7O5. The molecule has 2 aliphatic heterocycles. The summed E-state index contributed by atoms with van der Waals surface area (Å²) in [7, 11) is 0. The van der Waals surface area contributed by atoms with Gasteiger partial charge in [0.15, 0.2) is 23.8 Å². The topological polar surface area (TPSA) is 168 Å². The lowest BCUT2D eigenvalue weighted by atomic mass is 9.99. The second kappa shape index (κ2) is 21.2. The number of nitrogens with zero attached hydrogens (tertiary/aromatic N) is 3. The number of rotatable bonds is 5.